The van der Waals surface area contributed by atoms with E-state index in [1.807, 2.05) is 0 Å². The summed E-state index contributed by atoms with van der Waals surface area (Å²) in [5.41, 5.74) is -0.196. The van der Waals surface area contributed by atoms with Crippen molar-refractivity contribution in [3.05, 3.63) is 33.3 Å². The highest BCUT2D eigenvalue weighted by molar-refractivity contribution is 8.13. The number of hydrogen-bond donors (Lipinski definition) is 0. The molecule has 0 radical (unpaired) electrons. The highest BCUT2D eigenvalue weighted by atomic mass is 35.7. The molecule has 1 aromatic rings. The number of benzene rings is 1. The van der Waals surface area contributed by atoms with E-state index in [0.29, 0.717) is 0 Å². The maximum Gasteiger partial charge on any atom is 0.273 e. The molecule has 0 fully saturated rings. The Morgan fingerprint density at radius 1 is 1.41 bits per heavy atom. The van der Waals surface area contributed by atoms with Gasteiger partial charge < -0.3 is 4.74 Å². The molecule has 94 valence electrons. The topological polar surface area (TPSA) is 86.5 Å². The summed E-state index contributed by atoms with van der Waals surface area (Å²) in [6.07, 6.45) is 0. The van der Waals surface area contributed by atoms with Crippen molar-refractivity contribution in [3.8, 4) is 5.75 Å². The van der Waals surface area contributed by atoms with Crippen LogP contribution in [-0.4, -0.2) is 25.7 Å². The molecular weight excluding hydrogens is 293 g/mol. The second-order valence-electron chi connectivity index (χ2n) is 2.96. The summed E-state index contributed by atoms with van der Waals surface area (Å²) in [6, 6.07) is 3.63. The van der Waals surface area contributed by atoms with Gasteiger partial charge in [0.25, 0.3) is 5.69 Å². The van der Waals surface area contributed by atoms with Gasteiger partial charge in [0.05, 0.1) is 21.8 Å². The van der Waals surface area contributed by atoms with Gasteiger partial charge in [-0.05, 0) is 6.07 Å². The van der Waals surface area contributed by atoms with E-state index in [1.165, 1.54) is 12.1 Å². The first-order valence-electron chi connectivity index (χ1n) is 4.28. The predicted molar refractivity (Wildman–Crippen MR) is 63.2 cm³/mol. The van der Waals surface area contributed by atoms with Gasteiger partial charge in [-0.2, -0.15) is 0 Å². The molecule has 0 aromatic heterocycles. The van der Waals surface area contributed by atoms with E-state index < -0.39 is 19.7 Å². The van der Waals surface area contributed by atoms with Crippen molar-refractivity contribution in [1.82, 2.24) is 0 Å². The summed E-state index contributed by atoms with van der Waals surface area (Å²) >= 11 is 5.72. The summed E-state index contributed by atoms with van der Waals surface area (Å²) in [6.45, 7) is -0.229. The summed E-state index contributed by atoms with van der Waals surface area (Å²) in [5, 5.41) is 10.6. The van der Waals surface area contributed by atoms with E-state index >= 15 is 0 Å². The van der Waals surface area contributed by atoms with Crippen molar-refractivity contribution in [1.29, 1.82) is 0 Å². The fourth-order valence-corrected chi connectivity index (χ4v) is 1.61. The first-order valence-corrected chi connectivity index (χ1v) is 7.14. The fourth-order valence-electron chi connectivity index (χ4n) is 0.967. The normalized spacial score (nSPS) is 11.2. The van der Waals surface area contributed by atoms with Gasteiger partial charge >= 0.3 is 0 Å². The van der Waals surface area contributed by atoms with Crippen LogP contribution in [0.25, 0.3) is 0 Å². The first-order chi connectivity index (χ1) is 7.79. The van der Waals surface area contributed by atoms with Gasteiger partial charge in [-0.15, -0.1) is 0 Å². The van der Waals surface area contributed by atoms with Crippen molar-refractivity contribution in [3.63, 3.8) is 0 Å². The molecule has 1 aromatic carbocycles. The Morgan fingerprint density at radius 3 is 2.59 bits per heavy atom. The third-order valence-electron chi connectivity index (χ3n) is 1.71. The molecule has 0 aliphatic rings. The predicted octanol–water partition coefficient (Wildman–Crippen LogP) is 2.20. The fraction of sp³-hybridized carbons (Fsp3) is 0.250. The lowest BCUT2D eigenvalue weighted by molar-refractivity contribution is -0.384. The lowest BCUT2D eigenvalue weighted by atomic mass is 10.3. The SMILES string of the molecule is O=[N+]([O-])c1ccc(Cl)c(OCCS(=O)(=O)Cl)c1. The van der Waals surface area contributed by atoms with Crippen LogP contribution in [0.15, 0.2) is 18.2 Å². The minimum Gasteiger partial charge on any atom is -0.491 e. The second-order valence-corrected chi connectivity index (χ2v) is 6.27. The zero-order chi connectivity index (χ0) is 13.1. The lowest BCUT2D eigenvalue weighted by Crippen LogP contribution is -2.09. The quantitative estimate of drug-likeness (QED) is 0.472. The van der Waals surface area contributed by atoms with E-state index in [4.69, 9.17) is 27.0 Å². The molecule has 0 saturated heterocycles. The molecule has 0 aliphatic carbocycles. The van der Waals surface area contributed by atoms with Gasteiger partial charge in [0.1, 0.15) is 12.4 Å². The van der Waals surface area contributed by atoms with E-state index in [0.717, 1.165) is 6.07 Å². The van der Waals surface area contributed by atoms with Crippen LogP contribution in [0.1, 0.15) is 0 Å². The Bertz CT molecular complexity index is 531. The highest BCUT2D eigenvalue weighted by Crippen LogP contribution is 2.28. The highest BCUT2D eigenvalue weighted by Gasteiger charge is 2.12. The minimum absolute atomic E-state index is 0.0428. The molecule has 0 aliphatic heterocycles. The second kappa shape index (κ2) is 5.52. The Labute approximate surface area is 107 Å². The molecule has 1 rings (SSSR count). The van der Waals surface area contributed by atoms with Crippen molar-refractivity contribution < 1.29 is 18.1 Å². The molecule has 0 heterocycles. The number of hydrogen-bond acceptors (Lipinski definition) is 5. The number of halogens is 2. The Balaban J connectivity index is 2.76. The van der Waals surface area contributed by atoms with E-state index in [-0.39, 0.29) is 23.1 Å². The van der Waals surface area contributed by atoms with Crippen LogP contribution in [-0.2, 0) is 9.05 Å². The Hall–Kier alpha value is -1.05. The molecule has 0 spiro atoms. The summed E-state index contributed by atoms with van der Waals surface area (Å²) in [7, 11) is 1.31. The smallest absolute Gasteiger partial charge is 0.273 e. The summed E-state index contributed by atoms with van der Waals surface area (Å²) in [4.78, 5) is 9.88. The molecule has 0 amide bonds. The monoisotopic (exact) mass is 299 g/mol. The average molecular weight is 300 g/mol. The van der Waals surface area contributed by atoms with Crippen LogP contribution in [0, 0.1) is 10.1 Å². The number of non-ortho nitro benzene ring substituents is 1. The molecule has 0 N–H and O–H groups in total. The largest absolute Gasteiger partial charge is 0.491 e. The number of rotatable bonds is 5. The van der Waals surface area contributed by atoms with Gasteiger partial charge in [-0.3, -0.25) is 10.1 Å². The summed E-state index contributed by atoms with van der Waals surface area (Å²) < 4.78 is 26.3. The van der Waals surface area contributed by atoms with Gasteiger partial charge in [0, 0.05) is 16.7 Å². The van der Waals surface area contributed by atoms with Crippen molar-refractivity contribution in [2.45, 2.75) is 0 Å². The van der Waals surface area contributed by atoms with Crippen LogP contribution in [0.4, 0.5) is 5.69 Å². The van der Waals surface area contributed by atoms with Gasteiger partial charge in [0.2, 0.25) is 9.05 Å². The lowest BCUT2D eigenvalue weighted by Gasteiger charge is -2.06. The molecule has 0 bridgehead atoms. The van der Waals surface area contributed by atoms with Gasteiger partial charge in [0.15, 0.2) is 0 Å². The molecule has 0 atom stereocenters. The number of nitrogens with zero attached hydrogens (tertiary/aromatic N) is 1. The third kappa shape index (κ3) is 4.76. The van der Waals surface area contributed by atoms with E-state index in [9.17, 15) is 18.5 Å². The number of ether oxygens (including phenoxy) is 1. The Kier molecular flexibility index (Phi) is 4.55. The Morgan fingerprint density at radius 2 is 2.06 bits per heavy atom. The number of nitro benzene ring substituents is 1. The van der Waals surface area contributed by atoms with E-state index in [2.05, 4.69) is 0 Å². The average Bonchev–Trinajstić information content (AvgIpc) is 2.18. The maximum absolute atomic E-state index is 10.6. The van der Waals surface area contributed by atoms with Gasteiger partial charge in [-0.25, -0.2) is 8.42 Å². The van der Waals surface area contributed by atoms with Crippen LogP contribution in [0.2, 0.25) is 5.02 Å². The third-order valence-corrected chi connectivity index (χ3v) is 3.14. The first kappa shape index (κ1) is 14.0. The molecule has 0 unspecified atom stereocenters. The molecule has 9 heteroatoms. The molecule has 0 saturated carbocycles. The van der Waals surface area contributed by atoms with Crippen LogP contribution in [0.3, 0.4) is 0 Å². The molecule has 17 heavy (non-hydrogen) atoms. The standard InChI is InChI=1S/C8H7Cl2NO5S/c9-7-2-1-6(11(12)13)5-8(7)16-3-4-17(10,14)15/h1-2,5H,3-4H2. The van der Waals surface area contributed by atoms with Crippen molar-refractivity contribution in [2.24, 2.45) is 0 Å². The maximum atomic E-state index is 10.6. The zero-order valence-corrected chi connectivity index (χ0v) is 10.6. The van der Waals surface area contributed by atoms with Crippen molar-refractivity contribution >= 4 is 37.0 Å². The van der Waals surface area contributed by atoms with Crippen molar-refractivity contribution in [2.75, 3.05) is 12.4 Å². The number of nitro groups is 1. The van der Waals surface area contributed by atoms with Crippen LogP contribution < -0.4 is 4.74 Å². The molecular formula is C8H7Cl2NO5S. The summed E-state index contributed by atoms with van der Waals surface area (Å²) in [5.74, 6) is -0.366. The molecule has 6 nitrogen and oxygen atoms in total. The van der Waals surface area contributed by atoms with Crippen LogP contribution >= 0.6 is 22.3 Å². The van der Waals surface area contributed by atoms with Crippen LogP contribution in [0.5, 0.6) is 5.75 Å². The van der Waals surface area contributed by atoms with E-state index in [1.54, 1.807) is 0 Å². The van der Waals surface area contributed by atoms with Gasteiger partial charge in [-0.1, -0.05) is 11.6 Å². The zero-order valence-electron chi connectivity index (χ0n) is 8.30. The minimum atomic E-state index is -3.66.